The van der Waals surface area contributed by atoms with Crippen LogP contribution < -0.4 is 9.62 Å². The molecule has 1 N–H and O–H groups in total. The van der Waals surface area contributed by atoms with Crippen molar-refractivity contribution in [2.45, 2.75) is 30.6 Å². The summed E-state index contributed by atoms with van der Waals surface area (Å²) in [4.78, 5) is 28.1. The SMILES string of the molecule is CN(c1ccc(C(=O)Nc2ccccc2C(=O)N2CCCCCC2)cc1)S(=O)(=O)c1ccc(Cl)cc1. The lowest BCUT2D eigenvalue weighted by atomic mass is 10.1. The highest BCUT2D eigenvalue weighted by Crippen LogP contribution is 2.25. The minimum Gasteiger partial charge on any atom is -0.339 e. The van der Waals surface area contributed by atoms with Gasteiger partial charge in [-0.2, -0.15) is 0 Å². The maximum absolute atomic E-state index is 13.1. The number of para-hydroxylation sites is 1. The van der Waals surface area contributed by atoms with Gasteiger partial charge in [-0.3, -0.25) is 13.9 Å². The molecule has 1 aliphatic rings. The highest BCUT2D eigenvalue weighted by Gasteiger charge is 2.23. The van der Waals surface area contributed by atoms with Crippen LogP contribution in [0.3, 0.4) is 0 Å². The fourth-order valence-electron chi connectivity index (χ4n) is 4.14. The lowest BCUT2D eigenvalue weighted by Gasteiger charge is -2.22. The predicted octanol–water partition coefficient (Wildman–Crippen LogP) is 5.43. The summed E-state index contributed by atoms with van der Waals surface area (Å²) in [5.74, 6) is -0.474. The zero-order chi connectivity index (χ0) is 25.7. The molecule has 2 amide bonds. The second-order valence-electron chi connectivity index (χ2n) is 8.68. The van der Waals surface area contributed by atoms with Crippen LogP contribution in [0.5, 0.6) is 0 Å². The summed E-state index contributed by atoms with van der Waals surface area (Å²) in [7, 11) is -2.34. The van der Waals surface area contributed by atoms with Crippen molar-refractivity contribution in [1.82, 2.24) is 4.90 Å². The molecule has 0 atom stereocenters. The second-order valence-corrected chi connectivity index (χ2v) is 11.1. The Labute approximate surface area is 216 Å². The molecule has 3 aromatic rings. The van der Waals surface area contributed by atoms with E-state index in [9.17, 15) is 18.0 Å². The number of anilines is 2. The smallest absolute Gasteiger partial charge is 0.264 e. The molecule has 1 aliphatic heterocycles. The third-order valence-corrected chi connectivity index (χ3v) is 8.32. The molecule has 0 bridgehead atoms. The number of benzene rings is 3. The molecule has 9 heteroatoms. The third kappa shape index (κ3) is 5.71. The summed E-state index contributed by atoms with van der Waals surface area (Å²) in [5, 5.41) is 3.29. The molecule has 3 aromatic carbocycles. The average Bonchev–Trinajstić information content (AvgIpc) is 3.18. The van der Waals surface area contributed by atoms with E-state index in [0.29, 0.717) is 27.5 Å². The molecule has 0 saturated carbocycles. The molecule has 36 heavy (non-hydrogen) atoms. The molecule has 4 rings (SSSR count). The Morgan fingerprint density at radius 2 is 1.47 bits per heavy atom. The minimum absolute atomic E-state index is 0.0859. The van der Waals surface area contributed by atoms with E-state index in [1.165, 1.54) is 31.3 Å². The molecule has 0 aliphatic carbocycles. The van der Waals surface area contributed by atoms with Crippen LogP contribution >= 0.6 is 11.6 Å². The second kappa shape index (κ2) is 11.1. The molecular formula is C27H28ClN3O4S. The van der Waals surface area contributed by atoms with Gasteiger partial charge in [-0.1, -0.05) is 36.6 Å². The number of halogens is 1. The largest absolute Gasteiger partial charge is 0.339 e. The van der Waals surface area contributed by atoms with E-state index in [1.54, 1.807) is 48.5 Å². The highest BCUT2D eigenvalue weighted by molar-refractivity contribution is 7.92. The molecule has 1 saturated heterocycles. The molecule has 188 valence electrons. The standard InChI is InChI=1S/C27H28ClN3O4S/c1-30(36(34,35)23-16-12-21(28)13-17-23)22-14-10-20(11-15-22)26(32)29-25-9-5-4-8-24(25)27(33)31-18-6-2-3-7-19-31/h4-5,8-17H,2-3,6-7,18-19H2,1H3,(H,29,32). The van der Waals surface area contributed by atoms with Crippen LogP contribution in [0.15, 0.2) is 77.7 Å². The Hall–Kier alpha value is -3.36. The number of nitrogens with one attached hydrogen (secondary N) is 1. The molecule has 7 nitrogen and oxygen atoms in total. The zero-order valence-electron chi connectivity index (χ0n) is 20.0. The number of amides is 2. The van der Waals surface area contributed by atoms with E-state index < -0.39 is 10.0 Å². The van der Waals surface area contributed by atoms with Crippen molar-refractivity contribution < 1.29 is 18.0 Å². The number of carbonyl (C=O) groups excluding carboxylic acids is 2. The van der Waals surface area contributed by atoms with Crippen molar-refractivity contribution >= 4 is 44.8 Å². The first-order chi connectivity index (χ1) is 17.3. The summed E-state index contributed by atoms with van der Waals surface area (Å²) in [6, 6.07) is 19.2. The van der Waals surface area contributed by atoms with E-state index in [0.717, 1.165) is 43.1 Å². The quantitative estimate of drug-likeness (QED) is 0.464. The molecule has 0 radical (unpaired) electrons. The van der Waals surface area contributed by atoms with Gasteiger partial charge in [0.1, 0.15) is 0 Å². The molecular weight excluding hydrogens is 498 g/mol. The number of hydrogen-bond acceptors (Lipinski definition) is 4. The van der Waals surface area contributed by atoms with Crippen LogP contribution in [0.1, 0.15) is 46.4 Å². The van der Waals surface area contributed by atoms with Gasteiger partial charge >= 0.3 is 0 Å². The van der Waals surface area contributed by atoms with E-state index >= 15 is 0 Å². The van der Waals surface area contributed by atoms with E-state index in [4.69, 9.17) is 11.6 Å². The van der Waals surface area contributed by atoms with Crippen molar-refractivity contribution in [3.05, 3.63) is 88.9 Å². The Balaban J connectivity index is 1.49. The average molecular weight is 526 g/mol. The van der Waals surface area contributed by atoms with Gasteiger partial charge in [0.25, 0.3) is 21.8 Å². The van der Waals surface area contributed by atoms with Gasteiger partial charge in [-0.05, 0) is 73.5 Å². The van der Waals surface area contributed by atoms with Crippen molar-refractivity contribution in [3.8, 4) is 0 Å². The minimum atomic E-state index is -3.79. The molecule has 0 aromatic heterocycles. The summed E-state index contributed by atoms with van der Waals surface area (Å²) >= 11 is 5.87. The lowest BCUT2D eigenvalue weighted by molar-refractivity contribution is 0.0762. The number of likely N-dealkylation sites (tertiary alicyclic amines) is 1. The van der Waals surface area contributed by atoms with Gasteiger partial charge < -0.3 is 10.2 Å². The van der Waals surface area contributed by atoms with Gasteiger partial charge in [0, 0.05) is 30.7 Å². The topological polar surface area (TPSA) is 86.8 Å². The first-order valence-corrected chi connectivity index (χ1v) is 13.6. The number of nitrogens with zero attached hydrogens (tertiary/aromatic N) is 2. The van der Waals surface area contributed by atoms with Crippen LogP contribution in [0, 0.1) is 0 Å². The van der Waals surface area contributed by atoms with Crippen LogP contribution in [0.2, 0.25) is 5.02 Å². The zero-order valence-corrected chi connectivity index (χ0v) is 21.6. The first-order valence-electron chi connectivity index (χ1n) is 11.8. The van der Waals surface area contributed by atoms with Crippen molar-refractivity contribution in [2.75, 3.05) is 29.8 Å². The van der Waals surface area contributed by atoms with Crippen molar-refractivity contribution in [2.24, 2.45) is 0 Å². The van der Waals surface area contributed by atoms with Crippen LogP contribution in [0.25, 0.3) is 0 Å². The fourth-order valence-corrected chi connectivity index (χ4v) is 5.46. The number of carbonyl (C=O) groups is 2. The molecule has 1 fully saturated rings. The number of rotatable bonds is 6. The summed E-state index contributed by atoms with van der Waals surface area (Å²) in [6.07, 6.45) is 4.20. The van der Waals surface area contributed by atoms with Gasteiger partial charge in [-0.25, -0.2) is 8.42 Å². The molecule has 0 spiro atoms. The van der Waals surface area contributed by atoms with E-state index in [-0.39, 0.29) is 16.7 Å². The Bertz CT molecular complexity index is 1330. The summed E-state index contributed by atoms with van der Waals surface area (Å²) in [5.41, 5.74) is 1.65. The van der Waals surface area contributed by atoms with E-state index in [2.05, 4.69) is 5.32 Å². The van der Waals surface area contributed by atoms with Gasteiger partial charge in [0.05, 0.1) is 21.8 Å². The summed E-state index contributed by atoms with van der Waals surface area (Å²) in [6.45, 7) is 1.43. The Morgan fingerprint density at radius 3 is 2.11 bits per heavy atom. The van der Waals surface area contributed by atoms with Crippen molar-refractivity contribution in [1.29, 1.82) is 0 Å². The summed E-state index contributed by atoms with van der Waals surface area (Å²) < 4.78 is 27.0. The number of sulfonamides is 1. The fraction of sp³-hybridized carbons (Fsp3) is 0.259. The maximum atomic E-state index is 13.1. The maximum Gasteiger partial charge on any atom is 0.264 e. The Kier molecular flexibility index (Phi) is 7.96. The van der Waals surface area contributed by atoms with Crippen LogP contribution in [-0.4, -0.2) is 45.3 Å². The number of hydrogen-bond donors (Lipinski definition) is 1. The monoisotopic (exact) mass is 525 g/mol. The third-order valence-electron chi connectivity index (χ3n) is 6.26. The van der Waals surface area contributed by atoms with Crippen LogP contribution in [-0.2, 0) is 10.0 Å². The highest BCUT2D eigenvalue weighted by atomic mass is 35.5. The predicted molar refractivity (Wildman–Crippen MR) is 142 cm³/mol. The molecule has 1 heterocycles. The van der Waals surface area contributed by atoms with Gasteiger partial charge in [0.2, 0.25) is 0 Å². The molecule has 0 unspecified atom stereocenters. The normalized spacial score (nSPS) is 14.1. The van der Waals surface area contributed by atoms with Gasteiger partial charge in [-0.15, -0.1) is 0 Å². The van der Waals surface area contributed by atoms with Crippen LogP contribution in [0.4, 0.5) is 11.4 Å². The lowest BCUT2D eigenvalue weighted by Crippen LogP contribution is -2.32. The Morgan fingerprint density at radius 1 is 0.861 bits per heavy atom. The van der Waals surface area contributed by atoms with Crippen molar-refractivity contribution in [3.63, 3.8) is 0 Å². The first kappa shape index (κ1) is 25.7. The van der Waals surface area contributed by atoms with E-state index in [1.807, 2.05) is 4.90 Å². The van der Waals surface area contributed by atoms with Gasteiger partial charge in [0.15, 0.2) is 0 Å².